The first-order valence-corrected chi connectivity index (χ1v) is 14.8. The Hall–Kier alpha value is 0.274. The van der Waals surface area contributed by atoms with E-state index in [2.05, 4.69) is 83.1 Å². The van der Waals surface area contributed by atoms with Gasteiger partial charge < -0.3 is 18.9 Å². The van der Waals surface area contributed by atoms with E-state index in [1.54, 1.807) is 0 Å². The van der Waals surface area contributed by atoms with Crippen LogP contribution in [0, 0.1) is 0 Å². The molecule has 0 saturated carbocycles. The van der Waals surface area contributed by atoms with Gasteiger partial charge in [0.1, 0.15) is 0 Å². The summed E-state index contributed by atoms with van der Waals surface area (Å²) < 4.78 is 24.5. The zero-order valence-corrected chi connectivity index (χ0v) is 24.7. The molecule has 4 nitrogen and oxygen atoms in total. The Morgan fingerprint density at radius 1 is 0.452 bits per heavy atom. The highest BCUT2D eigenvalue weighted by Crippen LogP contribution is 2.22. The van der Waals surface area contributed by atoms with Crippen molar-refractivity contribution >= 4 is 19.0 Å². The second-order valence-electron chi connectivity index (χ2n) is 12.2. The third kappa shape index (κ3) is 23.2. The van der Waals surface area contributed by atoms with Crippen molar-refractivity contribution in [2.24, 2.45) is 0 Å². The van der Waals surface area contributed by atoms with Crippen molar-refractivity contribution in [1.29, 1.82) is 0 Å². The summed E-state index contributed by atoms with van der Waals surface area (Å²) in [6.07, 6.45) is 3.04. The molecule has 6 heteroatoms. The van der Waals surface area contributed by atoms with Gasteiger partial charge in [0.25, 0.3) is 0 Å². The number of rotatable bonds is 14. The fraction of sp³-hybridized carbons (Fsp3) is 1.00. The highest BCUT2D eigenvalue weighted by atomic mass is 28.2. The van der Waals surface area contributed by atoms with E-state index in [1.807, 2.05) is 0 Å². The molecule has 0 bridgehead atoms. The summed E-state index contributed by atoms with van der Waals surface area (Å²) in [5.41, 5.74) is -0.701. The van der Waals surface area contributed by atoms with Gasteiger partial charge in [0.2, 0.25) is 0 Å². The Kier molecular flexibility index (Phi) is 14.0. The van der Waals surface area contributed by atoms with Crippen LogP contribution in [0.15, 0.2) is 0 Å². The zero-order valence-electron chi connectivity index (χ0n) is 22.7. The van der Waals surface area contributed by atoms with Gasteiger partial charge in [-0.3, -0.25) is 0 Å². The van der Waals surface area contributed by atoms with E-state index >= 15 is 0 Å². The fourth-order valence-electron chi connectivity index (χ4n) is 2.89. The van der Waals surface area contributed by atoms with Crippen molar-refractivity contribution in [1.82, 2.24) is 0 Å². The van der Waals surface area contributed by atoms with E-state index in [0.717, 1.165) is 31.9 Å². The van der Waals surface area contributed by atoms with Crippen LogP contribution in [0.2, 0.25) is 24.2 Å². The van der Waals surface area contributed by atoms with E-state index in [-0.39, 0.29) is 35.0 Å². The average Bonchev–Trinajstić information content (AvgIpc) is 2.46. The molecule has 0 atom stereocenters. The third-order valence-electron chi connectivity index (χ3n) is 3.76. The van der Waals surface area contributed by atoms with Gasteiger partial charge in [-0.25, -0.2) is 0 Å². The summed E-state index contributed by atoms with van der Waals surface area (Å²) in [5, 5.41) is 0. The third-order valence-corrected chi connectivity index (χ3v) is 6.46. The summed E-state index contributed by atoms with van der Waals surface area (Å²) in [5.74, 6) is 0. The highest BCUT2D eigenvalue weighted by molar-refractivity contribution is 6.37. The molecule has 184 valence electrons. The lowest BCUT2D eigenvalue weighted by Crippen LogP contribution is -2.35. The molecular formula is C25H52O4Si2. The molecule has 0 rings (SSSR count). The van der Waals surface area contributed by atoms with Crippen LogP contribution in [0.1, 0.15) is 102 Å². The molecule has 0 N–H and O–H groups in total. The molecule has 0 spiro atoms. The summed E-state index contributed by atoms with van der Waals surface area (Å²) >= 11 is 0. The number of ether oxygens (including phenoxy) is 4. The van der Waals surface area contributed by atoms with Gasteiger partial charge >= 0.3 is 0 Å². The Morgan fingerprint density at radius 3 is 0.935 bits per heavy atom. The van der Waals surface area contributed by atoms with Crippen molar-refractivity contribution in [2.45, 2.75) is 162 Å². The Bertz CT molecular complexity index is 382. The molecule has 0 unspecified atom stereocenters. The minimum Gasteiger partial charge on any atom is -0.347 e. The first-order chi connectivity index (χ1) is 13.9. The van der Waals surface area contributed by atoms with Crippen LogP contribution in [0.25, 0.3) is 0 Å². The largest absolute Gasteiger partial charge is 0.347 e. The predicted molar refractivity (Wildman–Crippen MR) is 136 cm³/mol. The second-order valence-corrected chi connectivity index (χ2v) is 15.2. The molecule has 0 amide bonds. The van der Waals surface area contributed by atoms with Gasteiger partial charge in [0.05, 0.1) is 22.4 Å². The topological polar surface area (TPSA) is 36.9 Å². The molecule has 0 fully saturated rings. The van der Waals surface area contributed by atoms with Gasteiger partial charge in [-0.2, -0.15) is 0 Å². The van der Waals surface area contributed by atoms with Crippen molar-refractivity contribution in [3.8, 4) is 0 Å². The lowest BCUT2D eigenvalue weighted by molar-refractivity contribution is -0.234. The predicted octanol–water partition coefficient (Wildman–Crippen LogP) is 7.15. The normalized spacial score (nSPS) is 14.1. The maximum atomic E-state index is 6.12. The van der Waals surface area contributed by atoms with Crippen LogP contribution in [0.3, 0.4) is 0 Å². The zero-order chi connectivity index (χ0) is 24.3. The average molecular weight is 473 g/mol. The standard InChI is InChI=1S/C25H52O4Si2/c1-22(2,3)26-20(27-23(4,5)6)14-18-30-16-13-17-31-19-15-21(28-24(7,8)9)29-25(10,11)12/h20-21H,13-19H2,1-12H3. The van der Waals surface area contributed by atoms with Crippen LogP contribution in [-0.4, -0.2) is 54.0 Å². The molecule has 0 aromatic carbocycles. The van der Waals surface area contributed by atoms with Crippen molar-refractivity contribution in [2.75, 3.05) is 0 Å². The van der Waals surface area contributed by atoms with Gasteiger partial charge in [0.15, 0.2) is 12.6 Å². The molecular weight excluding hydrogens is 420 g/mol. The first kappa shape index (κ1) is 31.3. The number of hydrogen-bond acceptors (Lipinski definition) is 4. The molecule has 0 aliphatic carbocycles. The maximum Gasteiger partial charge on any atom is 0.158 e. The van der Waals surface area contributed by atoms with Crippen molar-refractivity contribution in [3.63, 3.8) is 0 Å². The maximum absolute atomic E-state index is 6.12. The minimum atomic E-state index is -0.175. The monoisotopic (exact) mass is 472 g/mol. The fourth-order valence-corrected chi connectivity index (χ4v) is 5.48. The number of hydrogen-bond donors (Lipinski definition) is 0. The van der Waals surface area contributed by atoms with Crippen LogP contribution in [0.4, 0.5) is 0 Å². The first-order valence-electron chi connectivity index (χ1n) is 12.0. The summed E-state index contributed by atoms with van der Waals surface area (Å²) in [6, 6.07) is 4.98. The van der Waals surface area contributed by atoms with Gasteiger partial charge in [0, 0.05) is 19.0 Å². The van der Waals surface area contributed by atoms with Crippen LogP contribution >= 0.6 is 0 Å². The van der Waals surface area contributed by atoms with E-state index in [4.69, 9.17) is 18.9 Å². The van der Waals surface area contributed by atoms with Gasteiger partial charge in [-0.05, 0) is 95.9 Å². The lowest BCUT2D eigenvalue weighted by Gasteiger charge is -2.32. The Balaban J connectivity index is 4.06. The van der Waals surface area contributed by atoms with Gasteiger partial charge in [-0.15, -0.1) is 0 Å². The molecule has 31 heavy (non-hydrogen) atoms. The SMILES string of the molecule is CC(C)(C)OC(CC[Si]CCC[Si]CCC(OC(C)(C)C)OC(C)(C)C)OC(C)(C)C. The Morgan fingerprint density at radius 2 is 0.710 bits per heavy atom. The Labute approximate surface area is 199 Å². The van der Waals surface area contributed by atoms with Crippen LogP contribution < -0.4 is 0 Å². The molecule has 0 aromatic heterocycles. The molecule has 0 saturated heterocycles. The molecule has 0 heterocycles. The lowest BCUT2D eigenvalue weighted by atomic mass is 10.2. The second kappa shape index (κ2) is 13.9. The summed E-state index contributed by atoms with van der Waals surface area (Å²) in [4.78, 5) is 0. The van der Waals surface area contributed by atoms with Crippen molar-refractivity contribution in [3.05, 3.63) is 0 Å². The van der Waals surface area contributed by atoms with E-state index in [0.29, 0.717) is 0 Å². The smallest absolute Gasteiger partial charge is 0.158 e. The molecule has 4 radical (unpaired) electrons. The van der Waals surface area contributed by atoms with Crippen molar-refractivity contribution < 1.29 is 18.9 Å². The quantitative estimate of drug-likeness (QED) is 0.153. The van der Waals surface area contributed by atoms with E-state index in [1.165, 1.54) is 30.6 Å². The summed E-state index contributed by atoms with van der Waals surface area (Å²) in [7, 11) is 1.97. The molecule has 0 aromatic rings. The van der Waals surface area contributed by atoms with Crippen LogP contribution in [0.5, 0.6) is 0 Å². The minimum absolute atomic E-state index is 0.114. The molecule has 0 aliphatic heterocycles. The summed E-state index contributed by atoms with van der Waals surface area (Å²) in [6.45, 7) is 25.2. The molecule has 0 aliphatic rings. The highest BCUT2D eigenvalue weighted by Gasteiger charge is 2.25. The van der Waals surface area contributed by atoms with E-state index < -0.39 is 0 Å². The van der Waals surface area contributed by atoms with Crippen LogP contribution in [-0.2, 0) is 18.9 Å². The van der Waals surface area contributed by atoms with Gasteiger partial charge in [-0.1, -0.05) is 30.6 Å². The van der Waals surface area contributed by atoms with E-state index in [9.17, 15) is 0 Å².